The van der Waals surface area contributed by atoms with Gasteiger partial charge in [-0.15, -0.1) is 45.3 Å². The molecule has 14 rings (SSSR count). The Kier molecular flexibility index (Phi) is 37.9. The molecule has 13 aromatic rings. The van der Waals surface area contributed by atoms with Gasteiger partial charge in [0, 0.05) is 47.1 Å². The van der Waals surface area contributed by atoms with E-state index in [1.54, 1.807) is 164 Å². The van der Waals surface area contributed by atoms with Gasteiger partial charge < -0.3 is 95.2 Å². The van der Waals surface area contributed by atoms with Gasteiger partial charge in [-0.25, -0.2) is 61.8 Å². The Morgan fingerprint density at radius 2 is 0.830 bits per heavy atom. The SMILES string of the molecule is C.C.C.C.CC(C)(C)C(=O)OCOC(=O)c1nc(-c2sccc2NC(=O)c2ccccc2)[nH]c(=O)c1O.COC(=O)c1nc(-c2cscc2NC(=O)NS(=O)(=O)c2ccccc2)[nH]c(=O)c1O.COC(=O)c1nc(-c2sccc2NC(=O)c2ccccc2-c2ccccc2C(=O)O)[nH]c(=O)c1O.O=C(Nc1ccsc1-c1nc(C(=O)OCCN2CCOCC2)c(O)c(=O)[nH]1)c1ccccc1. The number of rotatable bonds is 24. The van der Waals surface area contributed by atoms with E-state index >= 15 is 0 Å². The molecule has 708 valence electrons. The fraction of sp³-hybridized carbons (Fsp3) is 0.191. The van der Waals surface area contributed by atoms with Gasteiger partial charge in [-0.2, -0.15) is 0 Å². The number of aromatic carboxylic acids is 1. The van der Waals surface area contributed by atoms with Crippen molar-refractivity contribution in [2.24, 2.45) is 5.41 Å². The Balaban J connectivity index is 0.000000243. The van der Waals surface area contributed by atoms with Crippen molar-refractivity contribution >= 4 is 138 Å². The first-order chi connectivity index (χ1) is 62.6. The monoisotopic (exact) mass is 1950 g/mol. The molecule has 14 N–H and O–H groups in total. The standard InChI is InChI=1S/C24H17N3O7S.C22H22N4O6S.C22H21N3O7S.C17H14N4O7S2.4CH4/c1-34-24(33)17-18(28)22(30)27-20(26-17)19-16(10-11-35-19)25-21(29)14-8-4-2-6-12(14)13-7-3-5-9-15(13)23(31)32;27-17-16(22(30)32-12-9-26-7-10-31-11-8-26)24-19(25-21(17)29)18-15(6-13-33-18)23-20(28)14-4-2-1-3-5-14;1-22(2,3)21(30)32-11-31-20(29)14-15(26)19(28)25-17(24-14)16-13(9-10-33-16)23-18(27)12-7-5-4-6-8-12;1-28-16(24)12-13(22)15(23)20-14(19-12)10-7-29-8-11(10)18-17(25)21-30(26,27)9-5-3-2-4-6-9;;;;/h2-11,28H,1H3,(H,25,29)(H,31,32)(H,26,27,30);1-6,13,27H,7-12H2,(H,23,28)(H,24,25,29);4-10,26H,11H2,1-3H3,(H,23,27)(H,24,25,28);2-8,22H,1H3,(H2,18,21,25)(H,19,20,23);4*1H4. The normalized spacial score (nSPS) is 11.3. The number of aromatic nitrogens is 8. The number of thiophene rings is 4. The van der Waals surface area contributed by atoms with Crippen molar-refractivity contribution in [3.63, 3.8) is 0 Å². The fourth-order valence-electron chi connectivity index (χ4n) is 11.5. The van der Waals surface area contributed by atoms with Crippen LogP contribution in [0.1, 0.15) is 134 Å². The largest absolute Gasteiger partial charge is 0.501 e. The van der Waals surface area contributed by atoms with Crippen molar-refractivity contribution in [3.05, 3.63) is 271 Å². The molecular formula is C89H90N14O27S5. The average molecular weight is 1950 g/mol. The number of sulfonamides is 1. The molecule has 0 radical (unpaired) electrons. The van der Waals surface area contributed by atoms with Crippen molar-refractivity contribution in [1.82, 2.24) is 49.5 Å². The van der Waals surface area contributed by atoms with Crippen LogP contribution in [-0.2, 0) is 43.2 Å². The average Bonchev–Trinajstić information content (AvgIpc) is 1.83. The first-order valence-corrected chi connectivity index (χ1v) is 43.2. The van der Waals surface area contributed by atoms with Crippen LogP contribution in [0.15, 0.2) is 209 Å². The van der Waals surface area contributed by atoms with Crippen LogP contribution in [0.2, 0.25) is 0 Å². The summed E-state index contributed by atoms with van der Waals surface area (Å²) in [7, 11) is -1.96. The number of H-pyrrole nitrogens is 4. The van der Waals surface area contributed by atoms with E-state index in [1.807, 2.05) is 4.72 Å². The summed E-state index contributed by atoms with van der Waals surface area (Å²) in [6, 6.07) is 41.2. The number of ether oxygens (including phenoxy) is 6. The Hall–Kier alpha value is -16.0. The maximum atomic E-state index is 13.3. The number of carbonyl (C=O) groups is 10. The highest BCUT2D eigenvalue weighted by Crippen LogP contribution is 2.38. The molecule has 0 atom stereocenters. The van der Waals surface area contributed by atoms with Crippen molar-refractivity contribution in [1.29, 1.82) is 0 Å². The summed E-state index contributed by atoms with van der Waals surface area (Å²) < 4.78 is 55.6. The number of nitrogens with zero attached hydrogens (tertiary/aromatic N) is 5. The van der Waals surface area contributed by atoms with E-state index in [-0.39, 0.29) is 104 Å². The maximum absolute atomic E-state index is 13.3. The number of morpholine rings is 1. The molecule has 0 unspecified atom stereocenters. The highest BCUT2D eigenvalue weighted by Gasteiger charge is 2.31. The Bertz CT molecular complexity index is 6840. The second-order valence-electron chi connectivity index (χ2n) is 27.8. The number of esters is 5. The minimum absolute atomic E-state index is 0. The number of carboxylic acids is 1. The van der Waals surface area contributed by atoms with Crippen molar-refractivity contribution in [2.75, 3.05) is 81.7 Å². The molecule has 8 aromatic heterocycles. The lowest BCUT2D eigenvalue weighted by Gasteiger charge is -2.26. The van der Waals surface area contributed by atoms with E-state index < -0.39 is 138 Å². The third-order valence-corrected chi connectivity index (χ3v) is 22.8. The number of methoxy groups -OCH3 is 2. The lowest BCUT2D eigenvalue weighted by atomic mass is 9.95. The molecule has 5 aromatic carbocycles. The van der Waals surface area contributed by atoms with Gasteiger partial charge in [0.1, 0.15) is 12.4 Å². The summed E-state index contributed by atoms with van der Waals surface area (Å²) >= 11 is 4.61. The zero-order valence-corrected chi connectivity index (χ0v) is 72.9. The molecule has 46 heteroatoms. The summed E-state index contributed by atoms with van der Waals surface area (Å²) in [6.07, 6.45) is 0. The van der Waals surface area contributed by atoms with Crippen LogP contribution >= 0.6 is 45.3 Å². The van der Waals surface area contributed by atoms with E-state index in [0.29, 0.717) is 68.0 Å². The molecule has 0 spiro atoms. The summed E-state index contributed by atoms with van der Waals surface area (Å²) in [5, 5.41) is 67.8. The lowest BCUT2D eigenvalue weighted by Crippen LogP contribution is -2.38. The number of hydrogen-bond acceptors (Lipinski definition) is 35. The third-order valence-electron chi connectivity index (χ3n) is 18.0. The molecule has 135 heavy (non-hydrogen) atoms. The van der Waals surface area contributed by atoms with Crippen LogP contribution in [0.3, 0.4) is 0 Å². The predicted octanol–water partition coefficient (Wildman–Crippen LogP) is 12.8. The first kappa shape index (κ1) is 106. The van der Waals surface area contributed by atoms with Gasteiger partial charge in [-0.1, -0.05) is 121 Å². The molecule has 1 aliphatic heterocycles. The van der Waals surface area contributed by atoms with Gasteiger partial charge in [-0.05, 0) is 115 Å². The second-order valence-corrected chi connectivity index (χ2v) is 33.0. The number of nitrogens with one attached hydrogen (secondary N) is 9. The van der Waals surface area contributed by atoms with E-state index in [4.69, 9.17) is 18.9 Å². The van der Waals surface area contributed by atoms with Crippen molar-refractivity contribution < 1.29 is 110 Å². The summed E-state index contributed by atoms with van der Waals surface area (Å²) in [4.78, 5) is 200. The highest BCUT2D eigenvalue weighted by atomic mass is 32.2. The number of aromatic hydroxyl groups is 4. The zero-order chi connectivity index (χ0) is 94.4. The highest BCUT2D eigenvalue weighted by molar-refractivity contribution is 7.90. The van der Waals surface area contributed by atoms with Crippen LogP contribution in [0.4, 0.5) is 27.5 Å². The quantitative estimate of drug-likeness (QED) is 0.0152. The van der Waals surface area contributed by atoms with Gasteiger partial charge in [0.25, 0.3) is 50.0 Å². The van der Waals surface area contributed by atoms with E-state index in [2.05, 4.69) is 75.5 Å². The molecule has 41 nitrogen and oxygen atoms in total. The number of carbonyl (C=O) groups excluding carboxylic acids is 9. The Labute approximate surface area is 784 Å². The van der Waals surface area contributed by atoms with Crippen LogP contribution in [0, 0.1) is 5.41 Å². The minimum atomic E-state index is -4.10. The maximum Gasteiger partial charge on any atom is 0.364 e. The first-order valence-electron chi connectivity index (χ1n) is 38.1. The van der Waals surface area contributed by atoms with Crippen LogP contribution in [0.5, 0.6) is 23.0 Å². The molecule has 0 bridgehead atoms. The van der Waals surface area contributed by atoms with E-state index in [9.17, 15) is 101 Å². The third kappa shape index (κ3) is 26.9. The molecule has 5 amide bonds. The van der Waals surface area contributed by atoms with Gasteiger partial charge in [0.15, 0.2) is 40.2 Å². The smallest absolute Gasteiger partial charge is 0.364 e. The second kappa shape index (κ2) is 48.2. The lowest BCUT2D eigenvalue weighted by molar-refractivity contribution is -0.161. The topological polar surface area (TPSA) is 608 Å². The van der Waals surface area contributed by atoms with E-state index in [0.717, 1.165) is 61.3 Å². The number of urea groups is 1. The van der Waals surface area contributed by atoms with Gasteiger partial charge in [0.2, 0.25) is 29.8 Å². The minimum Gasteiger partial charge on any atom is -0.501 e. The summed E-state index contributed by atoms with van der Waals surface area (Å²) in [5.41, 5.74) is -3.60. The molecule has 1 saturated heterocycles. The molecular weight excluding hydrogens is 1860 g/mol. The van der Waals surface area contributed by atoms with Crippen molar-refractivity contribution in [2.45, 2.75) is 55.4 Å². The van der Waals surface area contributed by atoms with Crippen LogP contribution in [-0.4, -0.2) is 199 Å². The Morgan fingerprint density at radius 1 is 0.452 bits per heavy atom. The number of aromatic amines is 4. The number of anilines is 4. The zero-order valence-electron chi connectivity index (χ0n) is 68.8. The van der Waals surface area contributed by atoms with Gasteiger partial charge >= 0.3 is 41.8 Å². The number of amides is 5. The number of benzene rings is 5. The molecule has 9 heterocycles. The van der Waals surface area contributed by atoms with E-state index in [1.165, 1.54) is 52.4 Å². The molecule has 0 saturated carbocycles. The number of carboxylic acid groups (broad SMARTS) is 1. The molecule has 1 fully saturated rings. The van der Waals surface area contributed by atoms with Gasteiger partial charge in [0.05, 0.1) is 86.3 Å². The van der Waals surface area contributed by atoms with Crippen LogP contribution < -0.4 is 48.2 Å². The number of hydrogen-bond donors (Lipinski definition) is 14. The van der Waals surface area contributed by atoms with Gasteiger partial charge in [-0.3, -0.25) is 43.3 Å². The van der Waals surface area contributed by atoms with Crippen LogP contribution in [0.25, 0.3) is 54.6 Å². The Morgan fingerprint density at radius 3 is 1.26 bits per heavy atom. The van der Waals surface area contributed by atoms with Crippen molar-refractivity contribution in [3.8, 4) is 77.6 Å². The fourth-order valence-corrected chi connectivity index (χ4v) is 15.6. The molecule has 1 aliphatic rings. The molecule has 0 aliphatic carbocycles. The predicted molar refractivity (Wildman–Crippen MR) is 504 cm³/mol. The summed E-state index contributed by atoms with van der Waals surface area (Å²) in [5.74, 6) is -10.8. The summed E-state index contributed by atoms with van der Waals surface area (Å²) in [6.45, 7) is 7.49.